The van der Waals surface area contributed by atoms with Crippen molar-refractivity contribution in [2.45, 2.75) is 25.7 Å². The van der Waals surface area contributed by atoms with Gasteiger partial charge in [-0.3, -0.25) is 0 Å². The van der Waals surface area contributed by atoms with E-state index in [1.807, 2.05) is 54.6 Å². The molecule has 2 aliphatic rings. The van der Waals surface area contributed by atoms with Gasteiger partial charge in [-0.05, 0) is 74.2 Å². The van der Waals surface area contributed by atoms with E-state index in [1.54, 1.807) is 0 Å². The predicted octanol–water partition coefficient (Wildman–Crippen LogP) is 6.84. The van der Waals surface area contributed by atoms with Gasteiger partial charge in [-0.25, -0.2) is 0 Å². The summed E-state index contributed by atoms with van der Waals surface area (Å²) in [5, 5.41) is 17.2. The number of benzene rings is 2. The highest BCUT2D eigenvalue weighted by molar-refractivity contribution is 5.47. The van der Waals surface area contributed by atoms with Gasteiger partial charge in [0.1, 0.15) is 0 Å². The van der Waals surface area contributed by atoms with Crippen LogP contribution in [0, 0.1) is 0 Å². The maximum Gasteiger partial charge on any atom is 0.0858 e. The Morgan fingerprint density at radius 3 is 1.78 bits per heavy atom. The largest absolute Gasteiger partial charge is 0.375 e. The zero-order chi connectivity index (χ0) is 18.3. The lowest BCUT2D eigenvalue weighted by Crippen LogP contribution is -2.19. The molecule has 0 bridgehead atoms. The molecule has 1 saturated heterocycles. The second kappa shape index (κ2) is 8.54. The molecule has 1 aliphatic heterocycles. The quantitative estimate of drug-likeness (QED) is 0.540. The standard InChI is InChI=1S/C22H23N5/c1-2-6-18(7-3-1)23-24-19-8-10-20(11-9-19)25-26-21-12-14-22(15-13-21)27-16-4-5-17-27/h1-3,6-12,14H,4-5,13,15-17H2/b24-23-,26-25?. The summed E-state index contributed by atoms with van der Waals surface area (Å²) in [5.74, 6) is 0. The van der Waals surface area contributed by atoms with Crippen LogP contribution in [0.25, 0.3) is 0 Å². The van der Waals surface area contributed by atoms with Gasteiger partial charge in [0.25, 0.3) is 0 Å². The van der Waals surface area contributed by atoms with Gasteiger partial charge in [0, 0.05) is 18.8 Å². The molecule has 0 unspecified atom stereocenters. The molecular formula is C22H23N5. The first-order valence-corrected chi connectivity index (χ1v) is 9.50. The van der Waals surface area contributed by atoms with E-state index in [9.17, 15) is 0 Å². The highest BCUT2D eigenvalue weighted by Gasteiger charge is 2.16. The summed E-state index contributed by atoms with van der Waals surface area (Å²) < 4.78 is 0. The second-order valence-electron chi connectivity index (χ2n) is 6.76. The molecule has 1 heterocycles. The summed E-state index contributed by atoms with van der Waals surface area (Å²) in [7, 11) is 0. The average molecular weight is 357 g/mol. The van der Waals surface area contributed by atoms with Crippen molar-refractivity contribution in [1.82, 2.24) is 4.90 Å². The Morgan fingerprint density at radius 1 is 0.593 bits per heavy atom. The first-order chi connectivity index (χ1) is 13.4. The minimum atomic E-state index is 0.799. The molecule has 5 heteroatoms. The van der Waals surface area contributed by atoms with E-state index in [0.717, 1.165) is 35.6 Å². The number of hydrogen-bond acceptors (Lipinski definition) is 5. The van der Waals surface area contributed by atoms with E-state index in [4.69, 9.17) is 0 Å². The minimum absolute atomic E-state index is 0.799. The molecule has 0 amide bonds. The number of nitrogens with zero attached hydrogens (tertiary/aromatic N) is 5. The van der Waals surface area contributed by atoms with Crippen molar-refractivity contribution in [3.63, 3.8) is 0 Å². The zero-order valence-corrected chi connectivity index (χ0v) is 15.3. The molecule has 0 saturated carbocycles. The summed E-state index contributed by atoms with van der Waals surface area (Å²) in [6.45, 7) is 2.40. The van der Waals surface area contributed by atoms with Crippen LogP contribution in [0.2, 0.25) is 0 Å². The Hall–Kier alpha value is -3.08. The van der Waals surface area contributed by atoms with Crippen molar-refractivity contribution < 1.29 is 0 Å². The van der Waals surface area contributed by atoms with Crippen molar-refractivity contribution in [2.24, 2.45) is 20.5 Å². The normalized spacial score (nSPS) is 17.6. The monoisotopic (exact) mass is 357 g/mol. The van der Waals surface area contributed by atoms with Crippen molar-refractivity contribution in [3.05, 3.63) is 78.1 Å². The summed E-state index contributed by atoms with van der Waals surface area (Å²) >= 11 is 0. The fourth-order valence-electron chi connectivity index (χ4n) is 3.28. The summed E-state index contributed by atoms with van der Waals surface area (Å²) in [4.78, 5) is 2.49. The Bertz CT molecular complexity index is 873. The van der Waals surface area contributed by atoms with Crippen molar-refractivity contribution in [1.29, 1.82) is 0 Å². The van der Waals surface area contributed by atoms with Gasteiger partial charge in [0.05, 0.1) is 22.8 Å². The van der Waals surface area contributed by atoms with Crippen LogP contribution in [0.1, 0.15) is 25.7 Å². The molecule has 2 aromatic rings. The molecule has 27 heavy (non-hydrogen) atoms. The van der Waals surface area contributed by atoms with Crippen LogP contribution in [0.4, 0.5) is 17.1 Å². The number of likely N-dealkylation sites (tertiary alicyclic amines) is 1. The maximum atomic E-state index is 4.41. The van der Waals surface area contributed by atoms with Crippen LogP contribution in [-0.4, -0.2) is 18.0 Å². The molecule has 1 fully saturated rings. The first-order valence-electron chi connectivity index (χ1n) is 9.50. The lowest BCUT2D eigenvalue weighted by atomic mass is 10.1. The first kappa shape index (κ1) is 17.3. The molecule has 0 N–H and O–H groups in total. The number of rotatable bonds is 5. The average Bonchev–Trinajstić information content (AvgIpc) is 3.28. The van der Waals surface area contributed by atoms with Crippen LogP contribution >= 0.6 is 0 Å². The lowest BCUT2D eigenvalue weighted by Gasteiger charge is -2.23. The molecule has 136 valence electrons. The topological polar surface area (TPSA) is 52.7 Å². The highest BCUT2D eigenvalue weighted by Crippen LogP contribution is 2.27. The van der Waals surface area contributed by atoms with Crippen LogP contribution < -0.4 is 0 Å². The Kier molecular flexibility index (Phi) is 5.48. The van der Waals surface area contributed by atoms with Crippen LogP contribution in [0.5, 0.6) is 0 Å². The van der Waals surface area contributed by atoms with E-state index >= 15 is 0 Å². The van der Waals surface area contributed by atoms with Gasteiger partial charge in [-0.1, -0.05) is 18.2 Å². The summed E-state index contributed by atoms with van der Waals surface area (Å²) in [6.07, 6.45) is 8.95. The Morgan fingerprint density at radius 2 is 1.19 bits per heavy atom. The van der Waals surface area contributed by atoms with E-state index < -0.39 is 0 Å². The Labute approximate surface area is 159 Å². The summed E-state index contributed by atoms with van der Waals surface area (Å²) in [6, 6.07) is 17.3. The van der Waals surface area contributed by atoms with Crippen LogP contribution in [0.3, 0.4) is 0 Å². The van der Waals surface area contributed by atoms with Gasteiger partial charge >= 0.3 is 0 Å². The lowest BCUT2D eigenvalue weighted by molar-refractivity contribution is 0.406. The van der Waals surface area contributed by atoms with Crippen LogP contribution in [0.15, 0.2) is 98.6 Å². The molecule has 0 atom stereocenters. The van der Waals surface area contributed by atoms with Gasteiger partial charge < -0.3 is 4.90 Å². The maximum absolute atomic E-state index is 4.41. The fraction of sp³-hybridized carbons (Fsp3) is 0.273. The number of azo groups is 2. The zero-order valence-electron chi connectivity index (χ0n) is 15.3. The third kappa shape index (κ3) is 4.76. The third-order valence-corrected chi connectivity index (χ3v) is 4.80. The number of allylic oxidation sites excluding steroid dienone is 4. The molecule has 0 aromatic heterocycles. The van der Waals surface area contributed by atoms with Gasteiger partial charge in [0.2, 0.25) is 0 Å². The van der Waals surface area contributed by atoms with E-state index in [2.05, 4.69) is 37.5 Å². The minimum Gasteiger partial charge on any atom is -0.375 e. The van der Waals surface area contributed by atoms with Crippen molar-refractivity contribution in [3.8, 4) is 0 Å². The molecule has 0 spiro atoms. The smallest absolute Gasteiger partial charge is 0.0858 e. The molecule has 2 aromatic carbocycles. The molecule has 5 nitrogen and oxygen atoms in total. The number of hydrogen-bond donors (Lipinski definition) is 0. The third-order valence-electron chi connectivity index (χ3n) is 4.80. The molecule has 1 aliphatic carbocycles. The second-order valence-corrected chi connectivity index (χ2v) is 6.76. The Balaban J connectivity index is 1.36. The van der Waals surface area contributed by atoms with E-state index in [1.165, 1.54) is 31.6 Å². The fourth-order valence-corrected chi connectivity index (χ4v) is 3.28. The predicted molar refractivity (Wildman–Crippen MR) is 108 cm³/mol. The van der Waals surface area contributed by atoms with E-state index in [0.29, 0.717) is 0 Å². The van der Waals surface area contributed by atoms with Crippen molar-refractivity contribution >= 4 is 17.1 Å². The highest BCUT2D eigenvalue weighted by atomic mass is 15.2. The van der Waals surface area contributed by atoms with E-state index in [-0.39, 0.29) is 0 Å². The molecular weight excluding hydrogens is 334 g/mol. The van der Waals surface area contributed by atoms with Gasteiger partial charge in [0.15, 0.2) is 0 Å². The summed E-state index contributed by atoms with van der Waals surface area (Å²) in [5.41, 5.74) is 4.94. The molecule has 0 radical (unpaired) electrons. The van der Waals surface area contributed by atoms with Gasteiger partial charge in [-0.15, -0.1) is 0 Å². The SMILES string of the molecule is C1=C(N=Nc2ccc(/N=N\c3ccccc3)cc2)CCC(N2CCCC2)=C1. The molecule has 4 rings (SSSR count). The van der Waals surface area contributed by atoms with Gasteiger partial charge in [-0.2, -0.15) is 20.5 Å². The van der Waals surface area contributed by atoms with Crippen molar-refractivity contribution in [2.75, 3.05) is 13.1 Å². The van der Waals surface area contributed by atoms with Crippen LogP contribution in [-0.2, 0) is 0 Å².